The molecule has 1 aromatic carbocycles. The predicted octanol–water partition coefficient (Wildman–Crippen LogP) is 4.51. The summed E-state index contributed by atoms with van der Waals surface area (Å²) in [6, 6.07) is 6.63. The highest BCUT2D eigenvalue weighted by Crippen LogP contribution is 2.37. The minimum absolute atomic E-state index is 0.0828. The van der Waals surface area contributed by atoms with Gasteiger partial charge >= 0.3 is 0 Å². The van der Waals surface area contributed by atoms with Crippen molar-refractivity contribution in [2.24, 2.45) is 5.41 Å². The number of aromatic nitrogens is 2. The number of ketones is 1. The summed E-state index contributed by atoms with van der Waals surface area (Å²) in [5.41, 5.74) is 2.77. The van der Waals surface area contributed by atoms with E-state index in [1.54, 1.807) is 22.9 Å². The van der Waals surface area contributed by atoms with Crippen molar-refractivity contribution >= 4 is 5.78 Å². The molecule has 3 nitrogen and oxygen atoms in total. The lowest BCUT2D eigenvalue weighted by Crippen LogP contribution is -2.27. The van der Waals surface area contributed by atoms with E-state index < -0.39 is 0 Å². The van der Waals surface area contributed by atoms with Crippen molar-refractivity contribution in [3.8, 4) is 5.69 Å². The second kappa shape index (κ2) is 5.91. The summed E-state index contributed by atoms with van der Waals surface area (Å²) < 4.78 is 15.9. The fraction of sp³-hybridized carbons (Fsp3) is 0.474. The van der Waals surface area contributed by atoms with Gasteiger partial charge in [0.05, 0.1) is 17.0 Å². The molecule has 0 saturated heterocycles. The van der Waals surface area contributed by atoms with Crippen LogP contribution in [0.3, 0.4) is 0 Å². The average Bonchev–Trinajstić information content (AvgIpc) is 2.82. The third kappa shape index (κ3) is 2.94. The van der Waals surface area contributed by atoms with E-state index in [0.717, 1.165) is 42.6 Å². The molecule has 0 amide bonds. The lowest BCUT2D eigenvalue weighted by atomic mass is 9.75. The van der Waals surface area contributed by atoms with E-state index in [-0.39, 0.29) is 17.0 Å². The standard InChI is InChI=1S/C19H23FN2O/c1-4-5-9-16-18-14(11-19(2,3)12-17(18)23)21-22(16)15-10-7-6-8-13(15)20/h6-8,10H,4-5,9,11-12H2,1-3H3. The van der Waals surface area contributed by atoms with E-state index in [1.165, 1.54) is 6.07 Å². The molecule has 1 heterocycles. The Balaban J connectivity index is 2.17. The average molecular weight is 314 g/mol. The molecule has 0 aliphatic heterocycles. The van der Waals surface area contributed by atoms with Crippen LogP contribution in [-0.2, 0) is 12.8 Å². The van der Waals surface area contributed by atoms with Gasteiger partial charge < -0.3 is 0 Å². The van der Waals surface area contributed by atoms with Gasteiger partial charge in [-0.3, -0.25) is 4.79 Å². The number of carbonyl (C=O) groups is 1. The third-order valence-electron chi connectivity index (χ3n) is 4.47. The highest BCUT2D eigenvalue weighted by atomic mass is 19.1. The molecule has 23 heavy (non-hydrogen) atoms. The summed E-state index contributed by atoms with van der Waals surface area (Å²) in [6.07, 6.45) is 4.02. The zero-order chi connectivity index (χ0) is 16.6. The summed E-state index contributed by atoms with van der Waals surface area (Å²) in [6.45, 7) is 6.28. The fourth-order valence-corrected chi connectivity index (χ4v) is 3.39. The fourth-order valence-electron chi connectivity index (χ4n) is 3.39. The number of rotatable bonds is 4. The van der Waals surface area contributed by atoms with Crippen LogP contribution in [-0.4, -0.2) is 15.6 Å². The van der Waals surface area contributed by atoms with Crippen LogP contribution in [0.1, 0.15) is 61.8 Å². The first kappa shape index (κ1) is 15.9. The molecule has 0 fully saturated rings. The molecule has 122 valence electrons. The molecular weight excluding hydrogens is 291 g/mol. The molecule has 4 heteroatoms. The molecule has 0 atom stereocenters. The van der Waals surface area contributed by atoms with Crippen molar-refractivity contribution in [3.05, 3.63) is 47.0 Å². The Hall–Kier alpha value is -1.97. The van der Waals surface area contributed by atoms with Gasteiger partial charge in [0.25, 0.3) is 0 Å². The Labute approximate surface area is 136 Å². The van der Waals surface area contributed by atoms with Crippen molar-refractivity contribution < 1.29 is 9.18 Å². The first-order chi connectivity index (χ1) is 10.9. The Kier molecular flexibility index (Phi) is 4.09. The molecule has 3 rings (SSSR count). The number of nitrogens with zero attached hydrogens (tertiary/aromatic N) is 2. The maximum absolute atomic E-state index is 14.2. The monoisotopic (exact) mass is 314 g/mol. The predicted molar refractivity (Wildman–Crippen MR) is 88.6 cm³/mol. The second-order valence-electron chi connectivity index (χ2n) is 7.18. The molecular formula is C19H23FN2O. The third-order valence-corrected chi connectivity index (χ3v) is 4.47. The van der Waals surface area contributed by atoms with Gasteiger partial charge in [-0.1, -0.05) is 39.3 Å². The van der Waals surface area contributed by atoms with Gasteiger partial charge in [-0.25, -0.2) is 9.07 Å². The molecule has 0 radical (unpaired) electrons. The van der Waals surface area contributed by atoms with Crippen LogP contribution in [0.5, 0.6) is 0 Å². The van der Waals surface area contributed by atoms with Gasteiger partial charge in [0.2, 0.25) is 0 Å². The van der Waals surface area contributed by atoms with E-state index in [1.807, 2.05) is 0 Å². The largest absolute Gasteiger partial charge is 0.294 e. The molecule has 0 N–H and O–H groups in total. The molecule has 2 aromatic rings. The van der Waals surface area contributed by atoms with Crippen molar-refractivity contribution in [2.45, 2.75) is 52.9 Å². The maximum atomic E-state index is 14.2. The number of benzene rings is 1. The van der Waals surface area contributed by atoms with Crippen molar-refractivity contribution in [1.29, 1.82) is 0 Å². The highest BCUT2D eigenvalue weighted by molar-refractivity contribution is 6.00. The van der Waals surface area contributed by atoms with Crippen LogP contribution in [0.4, 0.5) is 4.39 Å². The molecule has 0 saturated carbocycles. The lowest BCUT2D eigenvalue weighted by molar-refractivity contribution is 0.0910. The van der Waals surface area contributed by atoms with Gasteiger partial charge in [0.1, 0.15) is 11.5 Å². The van der Waals surface area contributed by atoms with E-state index >= 15 is 0 Å². The number of unbranched alkanes of at least 4 members (excludes halogenated alkanes) is 1. The lowest BCUT2D eigenvalue weighted by Gasteiger charge is -2.27. The number of para-hydroxylation sites is 1. The zero-order valence-corrected chi connectivity index (χ0v) is 14.0. The summed E-state index contributed by atoms with van der Waals surface area (Å²) >= 11 is 0. The first-order valence-electron chi connectivity index (χ1n) is 8.32. The molecule has 0 unspecified atom stereocenters. The number of hydrogen-bond donors (Lipinski definition) is 0. The van der Waals surface area contributed by atoms with Crippen LogP contribution in [0, 0.1) is 11.2 Å². The summed E-state index contributed by atoms with van der Waals surface area (Å²) in [5, 5.41) is 4.64. The van der Waals surface area contributed by atoms with Crippen molar-refractivity contribution in [1.82, 2.24) is 9.78 Å². The van der Waals surface area contributed by atoms with Gasteiger partial charge in [0.15, 0.2) is 5.78 Å². The van der Waals surface area contributed by atoms with E-state index in [2.05, 4.69) is 25.9 Å². The highest BCUT2D eigenvalue weighted by Gasteiger charge is 2.36. The Morgan fingerprint density at radius 3 is 2.70 bits per heavy atom. The van der Waals surface area contributed by atoms with Crippen molar-refractivity contribution in [2.75, 3.05) is 0 Å². The minimum atomic E-state index is -0.309. The zero-order valence-electron chi connectivity index (χ0n) is 14.0. The van der Waals surface area contributed by atoms with Crippen LogP contribution < -0.4 is 0 Å². The van der Waals surface area contributed by atoms with Gasteiger partial charge in [-0.15, -0.1) is 0 Å². The summed E-state index contributed by atoms with van der Waals surface area (Å²) in [5.74, 6) is -0.165. The molecule has 1 aromatic heterocycles. The topological polar surface area (TPSA) is 34.9 Å². The normalized spacial score (nSPS) is 16.4. The van der Waals surface area contributed by atoms with Crippen LogP contribution in [0.25, 0.3) is 5.69 Å². The molecule has 0 bridgehead atoms. The van der Waals surface area contributed by atoms with E-state index in [4.69, 9.17) is 0 Å². The Morgan fingerprint density at radius 2 is 2.00 bits per heavy atom. The van der Waals surface area contributed by atoms with Gasteiger partial charge in [-0.05, 0) is 36.8 Å². The number of carbonyl (C=O) groups excluding carboxylic acids is 1. The number of fused-ring (bicyclic) bond motifs is 1. The minimum Gasteiger partial charge on any atom is -0.294 e. The van der Waals surface area contributed by atoms with E-state index in [0.29, 0.717) is 12.1 Å². The Bertz CT molecular complexity index is 746. The quantitative estimate of drug-likeness (QED) is 0.832. The maximum Gasteiger partial charge on any atom is 0.167 e. The smallest absolute Gasteiger partial charge is 0.167 e. The number of halogens is 1. The van der Waals surface area contributed by atoms with Crippen molar-refractivity contribution in [3.63, 3.8) is 0 Å². The summed E-state index contributed by atoms with van der Waals surface area (Å²) in [7, 11) is 0. The Morgan fingerprint density at radius 1 is 1.26 bits per heavy atom. The SMILES string of the molecule is CCCCc1c2c(nn1-c1ccccc1F)CC(C)(C)CC2=O. The van der Waals surface area contributed by atoms with Crippen LogP contribution in [0.2, 0.25) is 0 Å². The molecule has 1 aliphatic carbocycles. The number of hydrogen-bond acceptors (Lipinski definition) is 2. The van der Waals surface area contributed by atoms with Crippen LogP contribution in [0.15, 0.2) is 24.3 Å². The molecule has 0 spiro atoms. The summed E-state index contributed by atoms with van der Waals surface area (Å²) in [4.78, 5) is 12.7. The van der Waals surface area contributed by atoms with E-state index in [9.17, 15) is 9.18 Å². The van der Waals surface area contributed by atoms with Gasteiger partial charge in [-0.2, -0.15) is 5.10 Å². The van der Waals surface area contributed by atoms with Gasteiger partial charge in [0, 0.05) is 6.42 Å². The van der Waals surface area contributed by atoms with Crippen LogP contribution >= 0.6 is 0 Å². The number of Topliss-reactive ketones (excluding diaryl/α,β-unsaturated/α-hetero) is 1. The first-order valence-corrected chi connectivity index (χ1v) is 8.32. The second-order valence-corrected chi connectivity index (χ2v) is 7.18. The molecule has 1 aliphatic rings.